The van der Waals surface area contributed by atoms with E-state index in [0.29, 0.717) is 13.1 Å². The fourth-order valence-electron chi connectivity index (χ4n) is 3.67. The van der Waals surface area contributed by atoms with Crippen molar-refractivity contribution in [1.29, 1.82) is 0 Å². The van der Waals surface area contributed by atoms with Crippen molar-refractivity contribution >= 4 is 46.9 Å². The highest BCUT2D eigenvalue weighted by Gasteiger charge is 2.15. The van der Waals surface area contributed by atoms with Crippen LogP contribution in [-0.4, -0.2) is 64.4 Å². The SMILES string of the molecule is CCNC(=NCc1ccc(Cn2cnc3ccccc32)cc1)N(C)CC(=O)N(CC)CC.I. The van der Waals surface area contributed by atoms with E-state index >= 15 is 0 Å². The molecule has 3 aromatic rings. The molecule has 8 heteroatoms. The van der Waals surface area contributed by atoms with Gasteiger partial charge < -0.3 is 19.7 Å². The van der Waals surface area contributed by atoms with Crippen LogP contribution in [0.3, 0.4) is 0 Å². The normalized spacial score (nSPS) is 11.2. The number of nitrogens with one attached hydrogen (secondary N) is 1. The lowest BCUT2D eigenvalue weighted by Gasteiger charge is -2.25. The van der Waals surface area contributed by atoms with Crippen molar-refractivity contribution in [3.8, 4) is 0 Å². The first-order valence-corrected chi connectivity index (χ1v) is 11.3. The van der Waals surface area contributed by atoms with Crippen LogP contribution in [0.15, 0.2) is 59.9 Å². The monoisotopic (exact) mass is 562 g/mol. The third-order valence-electron chi connectivity index (χ3n) is 5.50. The zero-order valence-electron chi connectivity index (χ0n) is 20.0. The number of para-hydroxylation sites is 2. The van der Waals surface area contributed by atoms with E-state index < -0.39 is 0 Å². The van der Waals surface area contributed by atoms with Crippen molar-refractivity contribution in [3.63, 3.8) is 0 Å². The van der Waals surface area contributed by atoms with Crippen LogP contribution in [0.5, 0.6) is 0 Å². The molecule has 178 valence electrons. The lowest BCUT2D eigenvalue weighted by molar-refractivity contribution is -0.131. The second-order valence-electron chi connectivity index (χ2n) is 7.77. The lowest BCUT2D eigenvalue weighted by atomic mass is 10.1. The standard InChI is InChI=1S/C25H34N6O.HI/c1-5-26-25(29(4)18-24(32)30(6-2)7-3)27-16-20-12-14-21(15-13-20)17-31-19-28-22-10-8-9-11-23(22)31;/h8-15,19H,5-7,16-18H2,1-4H3,(H,26,27);1H. The maximum Gasteiger partial charge on any atom is 0.242 e. The van der Waals surface area contributed by atoms with Gasteiger partial charge >= 0.3 is 0 Å². The number of benzene rings is 2. The summed E-state index contributed by atoms with van der Waals surface area (Å²) in [4.78, 5) is 25.4. The molecule has 0 unspecified atom stereocenters. The molecule has 0 fully saturated rings. The molecule has 2 aromatic carbocycles. The van der Waals surface area contributed by atoms with Crippen molar-refractivity contribution in [2.75, 3.05) is 33.2 Å². The van der Waals surface area contributed by atoms with E-state index in [4.69, 9.17) is 4.99 Å². The summed E-state index contributed by atoms with van der Waals surface area (Å²) < 4.78 is 2.16. The Morgan fingerprint density at radius 1 is 1.03 bits per heavy atom. The number of carbonyl (C=O) groups excluding carboxylic acids is 1. The fourth-order valence-corrected chi connectivity index (χ4v) is 3.67. The van der Waals surface area contributed by atoms with E-state index in [1.807, 2.05) is 62.1 Å². The summed E-state index contributed by atoms with van der Waals surface area (Å²) in [5, 5.41) is 3.29. The minimum Gasteiger partial charge on any atom is -0.357 e. The van der Waals surface area contributed by atoms with Crippen LogP contribution in [-0.2, 0) is 17.9 Å². The van der Waals surface area contributed by atoms with E-state index in [-0.39, 0.29) is 29.9 Å². The molecule has 1 N–H and O–H groups in total. The Kier molecular flexibility index (Phi) is 10.6. The predicted octanol–water partition coefficient (Wildman–Crippen LogP) is 3.97. The Morgan fingerprint density at radius 2 is 1.70 bits per heavy atom. The van der Waals surface area contributed by atoms with E-state index in [0.717, 1.165) is 48.7 Å². The van der Waals surface area contributed by atoms with Crippen LogP contribution >= 0.6 is 24.0 Å². The van der Waals surface area contributed by atoms with E-state index in [2.05, 4.69) is 45.2 Å². The quantitative estimate of drug-likeness (QED) is 0.244. The number of nitrogens with zero attached hydrogens (tertiary/aromatic N) is 5. The molecule has 1 aromatic heterocycles. The number of hydrogen-bond acceptors (Lipinski definition) is 3. The van der Waals surface area contributed by atoms with Crippen LogP contribution < -0.4 is 5.32 Å². The third-order valence-corrected chi connectivity index (χ3v) is 5.50. The molecule has 7 nitrogen and oxygen atoms in total. The first kappa shape index (κ1) is 26.6. The fraction of sp³-hybridized carbons (Fsp3) is 0.400. The summed E-state index contributed by atoms with van der Waals surface area (Å²) in [6.07, 6.45) is 1.89. The topological polar surface area (TPSA) is 65.8 Å². The lowest BCUT2D eigenvalue weighted by Crippen LogP contribution is -2.45. The highest BCUT2D eigenvalue weighted by Crippen LogP contribution is 2.15. The molecule has 1 heterocycles. The zero-order chi connectivity index (χ0) is 22.9. The molecule has 0 saturated carbocycles. The van der Waals surface area contributed by atoms with E-state index in [9.17, 15) is 4.79 Å². The summed E-state index contributed by atoms with van der Waals surface area (Å²) in [7, 11) is 1.90. The molecule has 0 radical (unpaired) electrons. The van der Waals surface area contributed by atoms with Crippen LogP contribution in [0.25, 0.3) is 11.0 Å². The Bertz CT molecular complexity index is 1040. The molecule has 0 saturated heterocycles. The summed E-state index contributed by atoms with van der Waals surface area (Å²) in [5.41, 5.74) is 4.49. The number of aromatic nitrogens is 2. The molecule has 0 atom stereocenters. The van der Waals surface area contributed by atoms with Gasteiger partial charge in [0.15, 0.2) is 5.96 Å². The highest BCUT2D eigenvalue weighted by atomic mass is 127. The maximum atomic E-state index is 12.4. The van der Waals surface area contributed by atoms with Gasteiger partial charge in [-0.1, -0.05) is 36.4 Å². The molecule has 0 aliphatic rings. The average Bonchev–Trinajstić information content (AvgIpc) is 3.21. The molecule has 0 aliphatic carbocycles. The second-order valence-corrected chi connectivity index (χ2v) is 7.77. The van der Waals surface area contributed by atoms with Crippen molar-refractivity contribution in [3.05, 3.63) is 66.0 Å². The van der Waals surface area contributed by atoms with Crippen molar-refractivity contribution < 1.29 is 4.79 Å². The van der Waals surface area contributed by atoms with Crippen LogP contribution in [0.1, 0.15) is 31.9 Å². The number of likely N-dealkylation sites (N-methyl/N-ethyl adjacent to an activating group) is 2. The Balaban J connectivity index is 0.00000385. The van der Waals surface area contributed by atoms with Crippen molar-refractivity contribution in [2.45, 2.75) is 33.9 Å². The van der Waals surface area contributed by atoms with E-state index in [1.54, 1.807) is 0 Å². The number of hydrogen-bond donors (Lipinski definition) is 1. The molecule has 0 spiro atoms. The molecule has 3 rings (SSSR count). The number of fused-ring (bicyclic) bond motifs is 1. The molecular weight excluding hydrogens is 527 g/mol. The number of aliphatic imine (C=N–C) groups is 1. The molecule has 0 bridgehead atoms. The minimum atomic E-state index is 0. The van der Waals surface area contributed by atoms with Crippen LogP contribution in [0, 0.1) is 0 Å². The number of guanidine groups is 1. The van der Waals surface area contributed by atoms with E-state index in [1.165, 1.54) is 5.56 Å². The summed E-state index contributed by atoms with van der Waals surface area (Å²) >= 11 is 0. The van der Waals surface area contributed by atoms with Gasteiger partial charge in [-0.2, -0.15) is 0 Å². The number of rotatable bonds is 9. The molecule has 1 amide bonds. The summed E-state index contributed by atoms with van der Waals surface area (Å²) in [6, 6.07) is 16.7. The number of carbonyl (C=O) groups is 1. The average molecular weight is 563 g/mol. The minimum absolute atomic E-state index is 0. The van der Waals surface area contributed by atoms with Crippen LogP contribution in [0.4, 0.5) is 0 Å². The van der Waals surface area contributed by atoms with Gasteiger partial charge in [-0.3, -0.25) is 4.79 Å². The predicted molar refractivity (Wildman–Crippen MR) is 146 cm³/mol. The smallest absolute Gasteiger partial charge is 0.242 e. The van der Waals surface area contributed by atoms with Gasteiger partial charge in [0.25, 0.3) is 0 Å². The van der Waals surface area contributed by atoms with Gasteiger partial charge in [-0.25, -0.2) is 9.98 Å². The van der Waals surface area contributed by atoms with Gasteiger partial charge in [0.05, 0.1) is 30.5 Å². The molecule has 33 heavy (non-hydrogen) atoms. The number of amides is 1. The van der Waals surface area contributed by atoms with Crippen molar-refractivity contribution in [2.24, 2.45) is 4.99 Å². The zero-order valence-corrected chi connectivity index (χ0v) is 22.3. The van der Waals surface area contributed by atoms with Gasteiger partial charge in [0.2, 0.25) is 5.91 Å². The Morgan fingerprint density at radius 3 is 2.36 bits per heavy atom. The number of halogens is 1. The first-order valence-electron chi connectivity index (χ1n) is 11.3. The van der Waals surface area contributed by atoms with Crippen molar-refractivity contribution in [1.82, 2.24) is 24.7 Å². The van der Waals surface area contributed by atoms with Gasteiger partial charge in [-0.05, 0) is 44.0 Å². The summed E-state index contributed by atoms with van der Waals surface area (Å²) in [5.74, 6) is 0.849. The third kappa shape index (κ3) is 7.18. The van der Waals surface area contributed by atoms with Gasteiger partial charge in [0.1, 0.15) is 0 Å². The summed E-state index contributed by atoms with van der Waals surface area (Å²) in [6.45, 7) is 9.87. The van der Waals surface area contributed by atoms with Gasteiger partial charge in [0, 0.05) is 33.2 Å². The highest BCUT2D eigenvalue weighted by molar-refractivity contribution is 14.0. The Labute approximate surface area is 213 Å². The molecular formula is C25H35IN6O. The Hall–Kier alpha value is -2.62. The maximum absolute atomic E-state index is 12.4. The largest absolute Gasteiger partial charge is 0.357 e. The van der Waals surface area contributed by atoms with Crippen LogP contribution in [0.2, 0.25) is 0 Å². The first-order chi connectivity index (χ1) is 15.5. The number of imidazole rings is 1. The molecule has 0 aliphatic heterocycles. The second kappa shape index (κ2) is 13.2. The van der Waals surface area contributed by atoms with Gasteiger partial charge in [-0.15, -0.1) is 24.0 Å².